The number of hydrogen-bond donors (Lipinski definition) is 0. The van der Waals surface area contributed by atoms with E-state index >= 15 is 0 Å². The zero-order valence-corrected chi connectivity index (χ0v) is 14.1. The molecule has 0 saturated heterocycles. The lowest BCUT2D eigenvalue weighted by molar-refractivity contribution is 0.616. The lowest BCUT2D eigenvalue weighted by Gasteiger charge is -2.04. The van der Waals surface area contributed by atoms with E-state index in [4.69, 9.17) is 4.42 Å². The molecule has 0 aliphatic rings. The first-order chi connectivity index (χ1) is 12.4. The Morgan fingerprint density at radius 1 is 0.760 bits per heavy atom. The topological polar surface area (TPSA) is 18.1 Å². The van der Waals surface area contributed by atoms with Gasteiger partial charge in [-0.15, -0.1) is 11.3 Å². The van der Waals surface area contributed by atoms with Crippen molar-refractivity contribution in [3.63, 3.8) is 0 Å². The molecule has 0 amide bonds. The number of furan rings is 1. The summed E-state index contributed by atoms with van der Waals surface area (Å²) in [7, 11) is 0. The third-order valence-corrected chi connectivity index (χ3v) is 6.00. The minimum absolute atomic E-state index is 0.928. The van der Waals surface area contributed by atoms with Gasteiger partial charge in [-0.2, -0.15) is 0 Å². The highest BCUT2D eigenvalue weighted by Crippen LogP contribution is 2.39. The second kappa shape index (κ2) is 4.74. The number of nitrogens with zero attached hydrogens (tertiary/aromatic N) is 1. The largest absolute Gasteiger partial charge is 0.464 e. The second-order valence-corrected chi connectivity index (χ2v) is 7.33. The van der Waals surface area contributed by atoms with Crippen LogP contribution >= 0.6 is 11.3 Å². The molecule has 3 aromatic carbocycles. The number of para-hydroxylation sites is 1. The molecule has 0 saturated carbocycles. The maximum Gasteiger partial charge on any atom is 0.136 e. The zero-order valence-electron chi connectivity index (χ0n) is 13.3. The Balaban J connectivity index is 1.87. The number of rotatable bonds is 1. The molecule has 2 nitrogen and oxygen atoms in total. The van der Waals surface area contributed by atoms with Crippen LogP contribution in [0.1, 0.15) is 0 Å². The Kier molecular flexibility index (Phi) is 2.52. The van der Waals surface area contributed by atoms with E-state index in [0.29, 0.717) is 0 Å². The summed E-state index contributed by atoms with van der Waals surface area (Å²) in [5.41, 5.74) is 3.38. The van der Waals surface area contributed by atoms with Gasteiger partial charge in [0.25, 0.3) is 0 Å². The van der Waals surface area contributed by atoms with Crippen LogP contribution in [0.25, 0.3) is 47.9 Å². The Morgan fingerprint density at radius 3 is 2.60 bits per heavy atom. The van der Waals surface area contributed by atoms with Gasteiger partial charge in [0, 0.05) is 20.9 Å². The number of thiophene rings is 1. The Hall–Kier alpha value is -3.04. The van der Waals surface area contributed by atoms with E-state index in [1.807, 2.05) is 11.3 Å². The van der Waals surface area contributed by atoms with Gasteiger partial charge in [0.2, 0.25) is 0 Å². The summed E-state index contributed by atoms with van der Waals surface area (Å²) >= 11 is 1.83. The summed E-state index contributed by atoms with van der Waals surface area (Å²) in [4.78, 5) is 0. The lowest BCUT2D eigenvalue weighted by atomic mass is 10.1. The van der Waals surface area contributed by atoms with Crippen molar-refractivity contribution < 1.29 is 4.42 Å². The van der Waals surface area contributed by atoms with E-state index < -0.39 is 0 Å². The van der Waals surface area contributed by atoms with Gasteiger partial charge < -0.3 is 4.42 Å². The van der Waals surface area contributed by atoms with Gasteiger partial charge in [0.1, 0.15) is 10.6 Å². The highest BCUT2D eigenvalue weighted by molar-refractivity contribution is 7.21. The molecular formula is C22H13NOS. The molecule has 0 spiro atoms. The minimum Gasteiger partial charge on any atom is -0.464 e. The van der Waals surface area contributed by atoms with Gasteiger partial charge in [0.05, 0.1) is 17.3 Å². The molecule has 0 atom stereocenters. The SMILES string of the molecule is c1ccc2sc(-n3c4ccccc4c4ccc5occc5c43)cc2c1. The van der Waals surface area contributed by atoms with E-state index in [9.17, 15) is 0 Å². The molecule has 118 valence electrons. The highest BCUT2D eigenvalue weighted by atomic mass is 32.1. The quantitative estimate of drug-likeness (QED) is 0.324. The van der Waals surface area contributed by atoms with E-state index in [1.165, 1.54) is 36.9 Å². The van der Waals surface area contributed by atoms with Crippen LogP contribution in [0.15, 0.2) is 83.5 Å². The molecule has 0 radical (unpaired) electrons. The molecule has 0 bridgehead atoms. The molecule has 3 heteroatoms. The maximum atomic E-state index is 5.66. The van der Waals surface area contributed by atoms with Crippen LogP contribution < -0.4 is 0 Å². The van der Waals surface area contributed by atoms with Crippen molar-refractivity contribution in [2.45, 2.75) is 0 Å². The van der Waals surface area contributed by atoms with Crippen molar-refractivity contribution in [3.8, 4) is 5.00 Å². The van der Waals surface area contributed by atoms with Crippen LogP contribution in [0.4, 0.5) is 0 Å². The standard InChI is InChI=1S/C22H13NOS/c1-4-8-20-14(5-1)13-21(25-20)23-18-7-3-2-6-15(18)16-9-10-19-17(22(16)23)11-12-24-19/h1-13H. The van der Waals surface area contributed by atoms with Gasteiger partial charge in [0.15, 0.2) is 0 Å². The van der Waals surface area contributed by atoms with Gasteiger partial charge in [-0.3, -0.25) is 4.57 Å². The molecule has 3 aromatic heterocycles. The fourth-order valence-electron chi connectivity index (χ4n) is 3.81. The fraction of sp³-hybridized carbons (Fsp3) is 0. The van der Waals surface area contributed by atoms with Gasteiger partial charge >= 0.3 is 0 Å². The molecule has 6 aromatic rings. The smallest absolute Gasteiger partial charge is 0.136 e. The lowest BCUT2D eigenvalue weighted by Crippen LogP contribution is -1.90. The van der Waals surface area contributed by atoms with Crippen LogP contribution in [0.3, 0.4) is 0 Å². The first kappa shape index (κ1) is 13.3. The first-order valence-corrected chi connectivity index (χ1v) is 9.10. The summed E-state index contributed by atoms with van der Waals surface area (Å²) in [6, 6.07) is 25.8. The minimum atomic E-state index is 0.928. The normalized spacial score (nSPS) is 12.0. The van der Waals surface area contributed by atoms with Crippen LogP contribution in [0.5, 0.6) is 0 Å². The highest BCUT2D eigenvalue weighted by Gasteiger charge is 2.16. The summed E-state index contributed by atoms with van der Waals surface area (Å²) in [5, 5.41) is 6.22. The zero-order chi connectivity index (χ0) is 16.4. The number of benzene rings is 3. The summed E-state index contributed by atoms with van der Waals surface area (Å²) in [6.07, 6.45) is 1.77. The van der Waals surface area contributed by atoms with Crippen LogP contribution in [0.2, 0.25) is 0 Å². The average molecular weight is 339 g/mol. The Morgan fingerprint density at radius 2 is 1.64 bits per heavy atom. The van der Waals surface area contributed by atoms with Crippen molar-refractivity contribution in [1.82, 2.24) is 4.57 Å². The van der Waals surface area contributed by atoms with Crippen LogP contribution in [-0.4, -0.2) is 4.57 Å². The van der Waals surface area contributed by atoms with Gasteiger partial charge in [-0.1, -0.05) is 36.4 Å². The van der Waals surface area contributed by atoms with Gasteiger partial charge in [-0.25, -0.2) is 0 Å². The van der Waals surface area contributed by atoms with Crippen LogP contribution in [0, 0.1) is 0 Å². The van der Waals surface area contributed by atoms with Crippen molar-refractivity contribution in [2.75, 3.05) is 0 Å². The summed E-state index contributed by atoms with van der Waals surface area (Å²) in [6.45, 7) is 0. The Bertz CT molecular complexity index is 1370. The predicted molar refractivity (Wildman–Crippen MR) is 106 cm³/mol. The van der Waals surface area contributed by atoms with E-state index in [0.717, 1.165) is 11.0 Å². The Labute approximate surface area is 147 Å². The average Bonchev–Trinajstić information content (AvgIpc) is 3.35. The van der Waals surface area contributed by atoms with E-state index in [1.54, 1.807) is 6.26 Å². The summed E-state index contributed by atoms with van der Waals surface area (Å²) in [5.74, 6) is 0. The number of hydrogen-bond acceptors (Lipinski definition) is 2. The van der Waals surface area contributed by atoms with Crippen molar-refractivity contribution in [2.24, 2.45) is 0 Å². The monoisotopic (exact) mass is 339 g/mol. The molecule has 0 unspecified atom stereocenters. The molecule has 25 heavy (non-hydrogen) atoms. The molecule has 0 aliphatic heterocycles. The molecule has 0 fully saturated rings. The first-order valence-electron chi connectivity index (χ1n) is 8.28. The van der Waals surface area contributed by atoms with E-state index in [2.05, 4.69) is 77.4 Å². The van der Waals surface area contributed by atoms with Crippen molar-refractivity contribution >= 4 is 54.2 Å². The number of aromatic nitrogens is 1. The predicted octanol–water partition coefficient (Wildman–Crippen LogP) is 6.74. The third kappa shape index (κ3) is 1.73. The number of fused-ring (bicyclic) bond motifs is 6. The third-order valence-electron chi connectivity index (χ3n) is 4.90. The molecule has 3 heterocycles. The van der Waals surface area contributed by atoms with Gasteiger partial charge in [-0.05, 0) is 41.8 Å². The van der Waals surface area contributed by atoms with Crippen molar-refractivity contribution in [1.29, 1.82) is 0 Å². The van der Waals surface area contributed by atoms with Crippen LogP contribution in [-0.2, 0) is 0 Å². The maximum absolute atomic E-state index is 5.66. The van der Waals surface area contributed by atoms with E-state index in [-0.39, 0.29) is 0 Å². The van der Waals surface area contributed by atoms with Crippen molar-refractivity contribution in [3.05, 3.63) is 79.1 Å². The molecular weight excluding hydrogens is 326 g/mol. The molecule has 0 aliphatic carbocycles. The summed E-state index contributed by atoms with van der Waals surface area (Å²) < 4.78 is 9.35. The second-order valence-electron chi connectivity index (χ2n) is 6.27. The fourth-order valence-corrected chi connectivity index (χ4v) is 4.89. The molecule has 6 rings (SSSR count). The molecule has 0 N–H and O–H groups in total.